The summed E-state index contributed by atoms with van der Waals surface area (Å²) in [6.07, 6.45) is 0. The molecule has 10 rings (SSSR count). The highest BCUT2D eigenvalue weighted by atomic mass is 14.3. The molecule has 0 saturated carbocycles. The molecule has 0 bridgehead atoms. The minimum absolute atomic E-state index is 1.20. The summed E-state index contributed by atoms with van der Waals surface area (Å²) in [4.78, 5) is 0. The second kappa shape index (κ2) is 12.5. The van der Waals surface area contributed by atoms with E-state index in [0.717, 1.165) is 0 Å². The Morgan fingerprint density at radius 2 is 0.558 bits per heavy atom. The van der Waals surface area contributed by atoms with Crippen molar-refractivity contribution in [2.45, 2.75) is 0 Å². The summed E-state index contributed by atoms with van der Waals surface area (Å²) in [5.74, 6) is 0. The van der Waals surface area contributed by atoms with E-state index in [9.17, 15) is 0 Å². The van der Waals surface area contributed by atoms with Gasteiger partial charge in [0.25, 0.3) is 0 Å². The van der Waals surface area contributed by atoms with Crippen molar-refractivity contribution < 1.29 is 0 Å². The van der Waals surface area contributed by atoms with Crippen LogP contribution in [0.25, 0.3) is 99.1 Å². The van der Waals surface area contributed by atoms with Crippen LogP contribution < -0.4 is 0 Å². The zero-order chi connectivity index (χ0) is 34.4. The summed E-state index contributed by atoms with van der Waals surface area (Å²) in [5, 5.41) is 7.73. The van der Waals surface area contributed by atoms with Crippen molar-refractivity contribution in [1.29, 1.82) is 0 Å². The molecule has 0 nitrogen and oxygen atoms in total. The van der Waals surface area contributed by atoms with Gasteiger partial charge in [-0.25, -0.2) is 0 Å². The van der Waals surface area contributed by atoms with E-state index in [1.54, 1.807) is 0 Å². The van der Waals surface area contributed by atoms with Gasteiger partial charge >= 0.3 is 0 Å². The van der Waals surface area contributed by atoms with E-state index < -0.39 is 0 Å². The summed E-state index contributed by atoms with van der Waals surface area (Å²) < 4.78 is 0. The molecule has 10 aromatic rings. The molecule has 0 atom stereocenters. The number of hydrogen-bond donors (Lipinski definition) is 0. The smallest absolute Gasteiger partial charge is 0.00143 e. The Morgan fingerprint density at radius 3 is 1.04 bits per heavy atom. The maximum atomic E-state index is 2.47. The second-order valence-electron chi connectivity index (χ2n) is 13.6. The average molecular weight is 659 g/mol. The van der Waals surface area contributed by atoms with Gasteiger partial charge in [-0.15, -0.1) is 0 Å². The fourth-order valence-corrected chi connectivity index (χ4v) is 8.35. The Balaban J connectivity index is 1.38. The first-order valence-electron chi connectivity index (χ1n) is 18.0. The third kappa shape index (κ3) is 4.92. The van der Waals surface area contributed by atoms with E-state index in [4.69, 9.17) is 0 Å². The van der Waals surface area contributed by atoms with Crippen molar-refractivity contribution in [1.82, 2.24) is 0 Å². The second-order valence-corrected chi connectivity index (χ2v) is 13.6. The summed E-state index contributed by atoms with van der Waals surface area (Å²) in [6.45, 7) is 0. The van der Waals surface area contributed by atoms with Crippen molar-refractivity contribution >= 4 is 32.3 Å². The Hall–Kier alpha value is -6.76. The fraction of sp³-hybridized carbons (Fsp3) is 0. The van der Waals surface area contributed by atoms with E-state index in [0.29, 0.717) is 0 Å². The van der Waals surface area contributed by atoms with Crippen LogP contribution in [-0.4, -0.2) is 0 Å². The summed E-state index contributed by atoms with van der Waals surface area (Å²) in [7, 11) is 0. The highest BCUT2D eigenvalue weighted by molar-refractivity contribution is 6.28. The largest absolute Gasteiger partial charge is 0.0622 e. The standard InChI is InChI=1S/C52H34/c1-6-16-35(17-7-1)42-30-26-40-29-33-45-43(31-27-41-28-32-44(42)48(40)49(41)45)47-34-46(36-18-8-2-9-19-36)50(37-20-10-3-11-21-37)52(39-24-14-5-15-25-39)51(47)38-22-12-4-13-23-38/h1-34H. The van der Waals surface area contributed by atoms with Gasteiger partial charge in [-0.2, -0.15) is 0 Å². The molecule has 0 spiro atoms. The van der Waals surface area contributed by atoms with Crippen molar-refractivity contribution in [2.75, 3.05) is 0 Å². The minimum Gasteiger partial charge on any atom is -0.0622 e. The third-order valence-corrected chi connectivity index (χ3v) is 10.6. The van der Waals surface area contributed by atoms with Crippen LogP contribution in [0.1, 0.15) is 0 Å². The summed E-state index contributed by atoms with van der Waals surface area (Å²) in [5.41, 5.74) is 14.7. The van der Waals surface area contributed by atoms with Gasteiger partial charge in [0.05, 0.1) is 0 Å². The lowest BCUT2D eigenvalue weighted by atomic mass is 9.78. The zero-order valence-electron chi connectivity index (χ0n) is 28.6. The molecule has 242 valence electrons. The molecule has 0 heteroatoms. The molecular weight excluding hydrogens is 625 g/mol. The van der Waals surface area contributed by atoms with Gasteiger partial charge in [0.1, 0.15) is 0 Å². The molecule has 0 aromatic heterocycles. The molecule has 0 N–H and O–H groups in total. The number of benzene rings is 10. The monoisotopic (exact) mass is 658 g/mol. The van der Waals surface area contributed by atoms with Gasteiger partial charge in [-0.1, -0.05) is 200 Å². The Labute approximate surface area is 304 Å². The first kappa shape index (κ1) is 30.1. The first-order chi connectivity index (χ1) is 25.8. The van der Waals surface area contributed by atoms with Crippen LogP contribution >= 0.6 is 0 Å². The van der Waals surface area contributed by atoms with Gasteiger partial charge in [-0.05, 0) is 105 Å². The van der Waals surface area contributed by atoms with Crippen molar-refractivity contribution in [3.8, 4) is 66.8 Å². The molecule has 0 aliphatic heterocycles. The van der Waals surface area contributed by atoms with Crippen LogP contribution in [0.15, 0.2) is 206 Å². The summed E-state index contributed by atoms with van der Waals surface area (Å²) in [6, 6.07) is 75.6. The van der Waals surface area contributed by atoms with Crippen LogP contribution in [0.2, 0.25) is 0 Å². The molecule has 0 heterocycles. The first-order valence-corrected chi connectivity index (χ1v) is 18.0. The Kier molecular flexibility index (Phi) is 7.25. The highest BCUT2D eigenvalue weighted by Crippen LogP contribution is 2.52. The van der Waals surface area contributed by atoms with E-state index in [2.05, 4.69) is 206 Å². The molecular formula is C52H34. The molecule has 0 saturated heterocycles. The van der Waals surface area contributed by atoms with Crippen molar-refractivity contribution in [2.24, 2.45) is 0 Å². The maximum absolute atomic E-state index is 2.47. The normalized spacial score (nSPS) is 11.5. The lowest BCUT2D eigenvalue weighted by molar-refractivity contribution is 1.53. The van der Waals surface area contributed by atoms with Crippen LogP contribution in [0, 0.1) is 0 Å². The van der Waals surface area contributed by atoms with Crippen molar-refractivity contribution in [3.05, 3.63) is 206 Å². The third-order valence-electron chi connectivity index (χ3n) is 10.6. The topological polar surface area (TPSA) is 0 Å². The Bertz CT molecular complexity index is 2840. The van der Waals surface area contributed by atoms with Gasteiger partial charge in [-0.3, -0.25) is 0 Å². The maximum Gasteiger partial charge on any atom is -0.00143 e. The molecule has 0 amide bonds. The van der Waals surface area contributed by atoms with Crippen LogP contribution in [0.4, 0.5) is 0 Å². The molecule has 0 unspecified atom stereocenters. The Morgan fingerprint density at radius 1 is 0.212 bits per heavy atom. The molecule has 52 heavy (non-hydrogen) atoms. The van der Waals surface area contributed by atoms with Gasteiger partial charge < -0.3 is 0 Å². The minimum atomic E-state index is 1.20. The molecule has 0 fully saturated rings. The predicted octanol–water partition coefficient (Wildman–Crippen LogP) is 14.6. The molecule has 0 aliphatic rings. The number of rotatable bonds is 6. The van der Waals surface area contributed by atoms with E-state index >= 15 is 0 Å². The average Bonchev–Trinajstić information content (AvgIpc) is 3.23. The molecule has 0 aliphatic carbocycles. The lowest BCUT2D eigenvalue weighted by Crippen LogP contribution is -1.98. The van der Waals surface area contributed by atoms with Crippen molar-refractivity contribution in [3.63, 3.8) is 0 Å². The van der Waals surface area contributed by atoms with Crippen LogP contribution in [0.5, 0.6) is 0 Å². The number of hydrogen-bond acceptors (Lipinski definition) is 0. The SMILES string of the molecule is c1ccc(-c2cc(-c3ccc4ccc5c(-c6ccccc6)ccc6ccc3c4c65)c(-c3ccccc3)c(-c3ccccc3)c2-c2ccccc2)cc1. The van der Waals surface area contributed by atoms with Gasteiger partial charge in [0.2, 0.25) is 0 Å². The van der Waals surface area contributed by atoms with E-state index in [1.165, 1.54) is 99.1 Å². The van der Waals surface area contributed by atoms with E-state index in [1.807, 2.05) is 0 Å². The van der Waals surface area contributed by atoms with Crippen LogP contribution in [0.3, 0.4) is 0 Å². The highest BCUT2D eigenvalue weighted by Gasteiger charge is 2.25. The van der Waals surface area contributed by atoms with Gasteiger partial charge in [0.15, 0.2) is 0 Å². The van der Waals surface area contributed by atoms with Gasteiger partial charge in [0, 0.05) is 0 Å². The quantitative estimate of drug-likeness (QED) is 0.156. The summed E-state index contributed by atoms with van der Waals surface area (Å²) >= 11 is 0. The van der Waals surface area contributed by atoms with Crippen LogP contribution in [-0.2, 0) is 0 Å². The lowest BCUT2D eigenvalue weighted by Gasteiger charge is -2.25. The molecule has 0 radical (unpaired) electrons. The molecule has 10 aromatic carbocycles. The fourth-order valence-electron chi connectivity index (χ4n) is 8.35. The zero-order valence-corrected chi connectivity index (χ0v) is 28.6. The van der Waals surface area contributed by atoms with E-state index in [-0.39, 0.29) is 0 Å². The predicted molar refractivity (Wildman–Crippen MR) is 223 cm³/mol.